The van der Waals surface area contributed by atoms with Crippen molar-refractivity contribution in [2.75, 3.05) is 32.1 Å². The van der Waals surface area contributed by atoms with Gasteiger partial charge in [-0.2, -0.15) is 0 Å². The van der Waals surface area contributed by atoms with E-state index in [2.05, 4.69) is 41.2 Å². The third kappa shape index (κ3) is 4.18. The molecule has 4 heteroatoms. The minimum absolute atomic E-state index is 0.364. The lowest BCUT2D eigenvalue weighted by molar-refractivity contribution is -0.00744. The summed E-state index contributed by atoms with van der Waals surface area (Å²) in [7, 11) is 1.82. The van der Waals surface area contributed by atoms with Gasteiger partial charge in [0.2, 0.25) is 0 Å². The van der Waals surface area contributed by atoms with Crippen LogP contribution in [0.15, 0.2) is 18.3 Å². The molecule has 1 aromatic rings. The van der Waals surface area contributed by atoms with E-state index in [0.29, 0.717) is 12.0 Å². The fraction of sp³-hybridized carbons (Fsp3) is 0.688. The third-order valence-electron chi connectivity index (χ3n) is 4.06. The number of ether oxygens (including phenoxy) is 1. The van der Waals surface area contributed by atoms with E-state index in [4.69, 9.17) is 4.74 Å². The van der Waals surface area contributed by atoms with Crippen molar-refractivity contribution in [3.63, 3.8) is 0 Å². The number of methoxy groups -OCH3 is 1. The fourth-order valence-electron chi connectivity index (χ4n) is 2.73. The lowest BCUT2D eigenvalue weighted by atomic mass is 9.95. The smallest absolute Gasteiger partial charge is 0.126 e. The molecule has 112 valence electrons. The van der Waals surface area contributed by atoms with E-state index in [0.717, 1.165) is 38.4 Å². The number of piperidine rings is 1. The Labute approximate surface area is 122 Å². The molecule has 1 aliphatic rings. The summed E-state index contributed by atoms with van der Waals surface area (Å²) in [6.45, 7) is 8.58. The number of hydrogen-bond donors (Lipinski definition) is 1. The van der Waals surface area contributed by atoms with Gasteiger partial charge in [-0.15, -0.1) is 0 Å². The van der Waals surface area contributed by atoms with Crippen molar-refractivity contribution in [1.82, 2.24) is 9.88 Å². The van der Waals surface area contributed by atoms with Gasteiger partial charge in [-0.3, -0.25) is 4.90 Å². The molecule has 2 rings (SSSR count). The quantitative estimate of drug-likeness (QED) is 0.867. The van der Waals surface area contributed by atoms with Gasteiger partial charge in [-0.05, 0) is 43.0 Å². The summed E-state index contributed by atoms with van der Waals surface area (Å²) in [5, 5.41) is 3.34. The Morgan fingerprint density at radius 2 is 2.35 bits per heavy atom. The SMILES string of the molecule is CCCNc1cc(CN2CCC(C)C(OC)C2)ccn1. The minimum atomic E-state index is 0.364. The van der Waals surface area contributed by atoms with Crippen LogP contribution in [0.25, 0.3) is 0 Å². The molecule has 4 nitrogen and oxygen atoms in total. The van der Waals surface area contributed by atoms with Gasteiger partial charge in [0.15, 0.2) is 0 Å². The van der Waals surface area contributed by atoms with Crippen molar-refractivity contribution in [3.05, 3.63) is 23.9 Å². The monoisotopic (exact) mass is 277 g/mol. The summed E-state index contributed by atoms with van der Waals surface area (Å²) < 4.78 is 5.58. The van der Waals surface area contributed by atoms with Crippen molar-refractivity contribution < 1.29 is 4.74 Å². The van der Waals surface area contributed by atoms with Gasteiger partial charge in [0.1, 0.15) is 5.82 Å². The molecule has 1 N–H and O–H groups in total. The zero-order chi connectivity index (χ0) is 14.4. The second kappa shape index (κ2) is 7.60. The second-order valence-electron chi connectivity index (χ2n) is 5.75. The molecular weight excluding hydrogens is 250 g/mol. The lowest BCUT2D eigenvalue weighted by Crippen LogP contribution is -2.43. The Morgan fingerprint density at radius 1 is 1.50 bits per heavy atom. The molecule has 1 saturated heterocycles. The summed E-state index contributed by atoms with van der Waals surface area (Å²) in [5.41, 5.74) is 1.32. The largest absolute Gasteiger partial charge is 0.380 e. The average molecular weight is 277 g/mol. The third-order valence-corrected chi connectivity index (χ3v) is 4.06. The van der Waals surface area contributed by atoms with E-state index in [1.807, 2.05) is 13.3 Å². The fourth-order valence-corrected chi connectivity index (χ4v) is 2.73. The minimum Gasteiger partial charge on any atom is -0.380 e. The molecule has 2 atom stereocenters. The summed E-state index contributed by atoms with van der Waals surface area (Å²) in [6, 6.07) is 4.27. The standard InChI is InChI=1S/C16H27N3O/c1-4-7-17-16-10-14(5-8-18-16)11-19-9-6-13(2)15(12-19)20-3/h5,8,10,13,15H,4,6-7,9,11-12H2,1-3H3,(H,17,18). The van der Waals surface area contributed by atoms with Crippen molar-refractivity contribution in [2.45, 2.75) is 39.3 Å². The number of aromatic nitrogens is 1. The lowest BCUT2D eigenvalue weighted by Gasteiger charge is -2.36. The molecule has 0 radical (unpaired) electrons. The number of hydrogen-bond acceptors (Lipinski definition) is 4. The molecule has 0 saturated carbocycles. The van der Waals surface area contributed by atoms with Crippen molar-refractivity contribution in [1.29, 1.82) is 0 Å². The molecule has 1 fully saturated rings. The van der Waals surface area contributed by atoms with Crippen LogP contribution < -0.4 is 5.32 Å². The highest BCUT2D eigenvalue weighted by molar-refractivity contribution is 5.37. The van der Waals surface area contributed by atoms with Gasteiger partial charge in [-0.25, -0.2) is 4.98 Å². The first-order valence-electron chi connectivity index (χ1n) is 7.67. The Hall–Kier alpha value is -1.13. The van der Waals surface area contributed by atoms with E-state index >= 15 is 0 Å². The number of anilines is 1. The van der Waals surface area contributed by atoms with E-state index in [-0.39, 0.29) is 0 Å². The van der Waals surface area contributed by atoms with Gasteiger partial charge in [0.25, 0.3) is 0 Å². The first-order chi connectivity index (χ1) is 9.72. The molecule has 0 amide bonds. The van der Waals surface area contributed by atoms with Crippen LogP contribution in [0.4, 0.5) is 5.82 Å². The van der Waals surface area contributed by atoms with Crippen LogP contribution >= 0.6 is 0 Å². The Kier molecular flexibility index (Phi) is 5.80. The number of pyridine rings is 1. The maximum Gasteiger partial charge on any atom is 0.126 e. The first-order valence-corrected chi connectivity index (χ1v) is 7.67. The highest BCUT2D eigenvalue weighted by Gasteiger charge is 2.25. The second-order valence-corrected chi connectivity index (χ2v) is 5.75. The van der Waals surface area contributed by atoms with Gasteiger partial charge in [0, 0.05) is 32.9 Å². The van der Waals surface area contributed by atoms with Crippen LogP contribution in [-0.4, -0.2) is 42.7 Å². The summed E-state index contributed by atoms with van der Waals surface area (Å²) in [4.78, 5) is 6.84. The Balaban J connectivity index is 1.92. The normalized spacial score (nSPS) is 23.8. The van der Waals surface area contributed by atoms with Crippen LogP contribution in [-0.2, 0) is 11.3 Å². The van der Waals surface area contributed by atoms with E-state index < -0.39 is 0 Å². The maximum atomic E-state index is 5.58. The molecule has 2 unspecified atom stereocenters. The van der Waals surface area contributed by atoms with Gasteiger partial charge >= 0.3 is 0 Å². The van der Waals surface area contributed by atoms with Crippen molar-refractivity contribution in [3.8, 4) is 0 Å². The number of likely N-dealkylation sites (tertiary alicyclic amines) is 1. The first kappa shape index (κ1) is 15.3. The molecule has 0 aromatic carbocycles. The molecule has 0 aliphatic carbocycles. The highest BCUT2D eigenvalue weighted by atomic mass is 16.5. The van der Waals surface area contributed by atoms with Gasteiger partial charge in [0.05, 0.1) is 6.10 Å². The highest BCUT2D eigenvalue weighted by Crippen LogP contribution is 2.21. The number of nitrogens with one attached hydrogen (secondary N) is 1. The Bertz CT molecular complexity index is 410. The summed E-state index contributed by atoms with van der Waals surface area (Å²) in [5.74, 6) is 1.65. The van der Waals surface area contributed by atoms with Crippen molar-refractivity contribution >= 4 is 5.82 Å². The van der Waals surface area contributed by atoms with E-state index in [9.17, 15) is 0 Å². The summed E-state index contributed by atoms with van der Waals surface area (Å²) >= 11 is 0. The molecule has 20 heavy (non-hydrogen) atoms. The van der Waals surface area contributed by atoms with Crippen LogP contribution in [0.2, 0.25) is 0 Å². The van der Waals surface area contributed by atoms with E-state index in [1.165, 1.54) is 12.0 Å². The maximum absolute atomic E-state index is 5.58. The van der Waals surface area contributed by atoms with Gasteiger partial charge in [-0.1, -0.05) is 13.8 Å². The number of nitrogens with zero attached hydrogens (tertiary/aromatic N) is 2. The average Bonchev–Trinajstić information content (AvgIpc) is 2.47. The Morgan fingerprint density at radius 3 is 3.10 bits per heavy atom. The predicted molar refractivity (Wildman–Crippen MR) is 82.9 cm³/mol. The number of rotatable bonds is 6. The zero-order valence-electron chi connectivity index (χ0n) is 12.9. The summed E-state index contributed by atoms with van der Waals surface area (Å²) in [6.07, 6.45) is 4.59. The molecule has 0 spiro atoms. The zero-order valence-corrected chi connectivity index (χ0v) is 12.9. The van der Waals surface area contributed by atoms with E-state index in [1.54, 1.807) is 0 Å². The molecule has 2 heterocycles. The van der Waals surface area contributed by atoms with Crippen molar-refractivity contribution in [2.24, 2.45) is 5.92 Å². The molecule has 0 bridgehead atoms. The van der Waals surface area contributed by atoms with Crippen LogP contribution in [0, 0.1) is 5.92 Å². The van der Waals surface area contributed by atoms with Crippen LogP contribution in [0.3, 0.4) is 0 Å². The molecule has 1 aliphatic heterocycles. The molecule has 1 aromatic heterocycles. The predicted octanol–water partition coefficient (Wildman–Crippen LogP) is 2.76. The van der Waals surface area contributed by atoms with Crippen LogP contribution in [0.1, 0.15) is 32.3 Å². The molecular formula is C16H27N3O. The van der Waals surface area contributed by atoms with Gasteiger partial charge < -0.3 is 10.1 Å². The van der Waals surface area contributed by atoms with Crippen LogP contribution in [0.5, 0.6) is 0 Å². The topological polar surface area (TPSA) is 37.4 Å².